The molecule has 4 amide bonds. The van der Waals surface area contributed by atoms with Gasteiger partial charge >= 0.3 is 6.03 Å². The van der Waals surface area contributed by atoms with Crippen LogP contribution in [0.3, 0.4) is 0 Å². The summed E-state index contributed by atoms with van der Waals surface area (Å²) in [6, 6.07) is 4.95. The molecule has 2 aliphatic heterocycles. The number of halogens is 1. The molecule has 3 rings (SSSR count). The third-order valence-electron chi connectivity index (χ3n) is 5.68. The average molecular weight is 435 g/mol. The summed E-state index contributed by atoms with van der Waals surface area (Å²) in [6.07, 6.45) is 0.579. The van der Waals surface area contributed by atoms with Crippen molar-refractivity contribution in [2.75, 3.05) is 39.9 Å². The van der Waals surface area contributed by atoms with Gasteiger partial charge in [0.15, 0.2) is 0 Å². The normalized spacial score (nSPS) is 21.1. The van der Waals surface area contributed by atoms with Crippen molar-refractivity contribution in [1.29, 1.82) is 0 Å². The van der Waals surface area contributed by atoms with E-state index in [9.17, 15) is 18.8 Å². The molecule has 2 fully saturated rings. The summed E-state index contributed by atoms with van der Waals surface area (Å²) < 4.78 is 18.1. The number of carbonyl (C=O) groups excluding carboxylic acids is 3. The molecule has 0 aliphatic carbocycles. The molecule has 2 aliphatic rings. The smallest absolute Gasteiger partial charge is 0.321 e. The van der Waals surface area contributed by atoms with Gasteiger partial charge in [-0.3, -0.25) is 9.59 Å². The fourth-order valence-corrected chi connectivity index (χ4v) is 4.18. The Morgan fingerprint density at radius 2 is 1.87 bits per heavy atom. The molecule has 0 radical (unpaired) electrons. The summed E-state index contributed by atoms with van der Waals surface area (Å²) in [7, 11) is 1.59. The maximum absolute atomic E-state index is 13.1. The van der Waals surface area contributed by atoms with Crippen LogP contribution in [-0.4, -0.2) is 84.5 Å². The number of carbonyl (C=O) groups is 3. The highest BCUT2D eigenvalue weighted by Crippen LogP contribution is 2.29. The number of nitrogens with one attached hydrogen (secondary N) is 1. The molecule has 0 aromatic heterocycles. The zero-order valence-electron chi connectivity index (χ0n) is 18.3. The molecule has 1 aromatic rings. The number of hydrogen-bond acceptors (Lipinski definition) is 4. The molecule has 0 spiro atoms. The Bertz CT molecular complexity index is 801. The zero-order chi connectivity index (χ0) is 22.5. The number of fused-ring (bicyclic) bond motifs is 1. The van der Waals surface area contributed by atoms with E-state index in [0.29, 0.717) is 32.7 Å². The van der Waals surface area contributed by atoms with Crippen LogP contribution >= 0.6 is 0 Å². The van der Waals surface area contributed by atoms with Crippen molar-refractivity contribution in [2.24, 2.45) is 5.92 Å². The first-order valence-electron chi connectivity index (χ1n) is 10.7. The highest BCUT2D eigenvalue weighted by molar-refractivity contribution is 5.91. The average Bonchev–Trinajstić information content (AvgIpc) is 3.03. The number of urea groups is 1. The Balaban J connectivity index is 1.63. The van der Waals surface area contributed by atoms with Gasteiger partial charge in [-0.05, 0) is 30.0 Å². The van der Waals surface area contributed by atoms with Crippen LogP contribution in [0.15, 0.2) is 24.3 Å². The van der Waals surface area contributed by atoms with E-state index in [1.807, 2.05) is 13.8 Å². The van der Waals surface area contributed by atoms with E-state index in [-0.39, 0.29) is 48.7 Å². The second kappa shape index (κ2) is 10.1. The van der Waals surface area contributed by atoms with E-state index in [2.05, 4.69) is 5.32 Å². The molecule has 1 aromatic carbocycles. The minimum absolute atomic E-state index is 0.0574. The van der Waals surface area contributed by atoms with Gasteiger partial charge in [0.2, 0.25) is 11.8 Å². The van der Waals surface area contributed by atoms with Crippen molar-refractivity contribution in [1.82, 2.24) is 20.0 Å². The van der Waals surface area contributed by atoms with Gasteiger partial charge in [0.05, 0.1) is 12.6 Å². The largest absolute Gasteiger partial charge is 0.383 e. The zero-order valence-corrected chi connectivity index (χ0v) is 18.3. The lowest BCUT2D eigenvalue weighted by Crippen LogP contribution is -2.61. The maximum atomic E-state index is 13.1. The maximum Gasteiger partial charge on any atom is 0.321 e. The number of methoxy groups -OCH3 is 1. The molecule has 0 saturated carbocycles. The molecule has 2 atom stereocenters. The van der Waals surface area contributed by atoms with Gasteiger partial charge in [-0.15, -0.1) is 0 Å². The third kappa shape index (κ3) is 5.52. The summed E-state index contributed by atoms with van der Waals surface area (Å²) in [6.45, 7) is 6.00. The summed E-state index contributed by atoms with van der Waals surface area (Å²) in [4.78, 5) is 43.5. The van der Waals surface area contributed by atoms with E-state index in [1.165, 1.54) is 17.0 Å². The molecule has 9 heteroatoms. The summed E-state index contributed by atoms with van der Waals surface area (Å²) in [5, 5.41) is 2.77. The van der Waals surface area contributed by atoms with Crippen molar-refractivity contribution >= 4 is 17.8 Å². The van der Waals surface area contributed by atoms with Gasteiger partial charge in [0, 0.05) is 33.3 Å². The van der Waals surface area contributed by atoms with Crippen LogP contribution in [0.25, 0.3) is 0 Å². The Hall–Kier alpha value is -2.68. The lowest BCUT2D eigenvalue weighted by molar-refractivity contribution is -0.143. The monoisotopic (exact) mass is 434 g/mol. The Morgan fingerprint density at radius 3 is 2.52 bits per heavy atom. The molecule has 2 saturated heterocycles. The number of ether oxygens (including phenoxy) is 1. The summed E-state index contributed by atoms with van der Waals surface area (Å²) in [5.41, 5.74) is 0.774. The number of nitrogens with zero attached hydrogens (tertiary/aromatic N) is 3. The lowest BCUT2D eigenvalue weighted by atomic mass is 9.97. The van der Waals surface area contributed by atoms with Crippen molar-refractivity contribution in [2.45, 2.75) is 38.9 Å². The van der Waals surface area contributed by atoms with Gasteiger partial charge in [-0.1, -0.05) is 26.0 Å². The Labute approximate surface area is 182 Å². The molecule has 0 unspecified atom stereocenters. The lowest BCUT2D eigenvalue weighted by Gasteiger charge is -2.42. The van der Waals surface area contributed by atoms with Crippen LogP contribution in [0, 0.1) is 11.7 Å². The van der Waals surface area contributed by atoms with Gasteiger partial charge in [0.1, 0.15) is 18.4 Å². The molecular formula is C22H31FN4O4. The third-order valence-corrected chi connectivity index (χ3v) is 5.68. The molecule has 31 heavy (non-hydrogen) atoms. The van der Waals surface area contributed by atoms with Crippen LogP contribution in [0.1, 0.15) is 25.8 Å². The fraction of sp³-hybridized carbons (Fsp3) is 0.591. The first-order valence-corrected chi connectivity index (χ1v) is 10.7. The quantitative estimate of drug-likeness (QED) is 0.638. The van der Waals surface area contributed by atoms with E-state index in [4.69, 9.17) is 4.74 Å². The minimum Gasteiger partial charge on any atom is -0.383 e. The van der Waals surface area contributed by atoms with Gasteiger partial charge in [-0.25, -0.2) is 9.18 Å². The van der Waals surface area contributed by atoms with Crippen LogP contribution < -0.4 is 5.32 Å². The molecule has 2 heterocycles. The van der Waals surface area contributed by atoms with Crippen LogP contribution in [-0.2, 0) is 20.9 Å². The second-order valence-electron chi connectivity index (χ2n) is 8.55. The van der Waals surface area contributed by atoms with Crippen LogP contribution in [0.5, 0.6) is 0 Å². The van der Waals surface area contributed by atoms with Gasteiger partial charge < -0.3 is 24.8 Å². The Kier molecular flexibility index (Phi) is 7.48. The molecule has 170 valence electrons. The summed E-state index contributed by atoms with van der Waals surface area (Å²) >= 11 is 0. The Morgan fingerprint density at radius 1 is 1.19 bits per heavy atom. The highest BCUT2D eigenvalue weighted by atomic mass is 19.1. The standard InChI is InChI=1S/C22H31FN4O4/c1-15(2)10-19-21(29)25(8-9-31-3)12-18-13-26(22(30)27(18)19)14-20(28)24-11-16-4-6-17(23)7-5-16/h4-7,15,18-19H,8-14H2,1-3H3,(H,24,28)/t18-,19-/m0/s1. The van der Waals surface area contributed by atoms with E-state index < -0.39 is 6.04 Å². The van der Waals surface area contributed by atoms with E-state index in [1.54, 1.807) is 29.0 Å². The number of hydrogen-bond donors (Lipinski definition) is 1. The first-order chi connectivity index (χ1) is 14.8. The van der Waals surface area contributed by atoms with Crippen molar-refractivity contribution in [3.8, 4) is 0 Å². The number of piperazine rings is 1. The fourth-order valence-electron chi connectivity index (χ4n) is 4.18. The molecule has 0 bridgehead atoms. The van der Waals surface area contributed by atoms with Crippen LogP contribution in [0.2, 0.25) is 0 Å². The van der Waals surface area contributed by atoms with E-state index >= 15 is 0 Å². The minimum atomic E-state index is -0.518. The van der Waals surface area contributed by atoms with Crippen LogP contribution in [0.4, 0.5) is 9.18 Å². The molecule has 8 nitrogen and oxygen atoms in total. The molecule has 1 N–H and O–H groups in total. The van der Waals surface area contributed by atoms with Gasteiger partial charge in [0.25, 0.3) is 0 Å². The van der Waals surface area contributed by atoms with Crippen molar-refractivity contribution < 1.29 is 23.5 Å². The summed E-state index contributed by atoms with van der Waals surface area (Å²) in [5.74, 6) is -0.435. The second-order valence-corrected chi connectivity index (χ2v) is 8.55. The number of benzene rings is 1. The van der Waals surface area contributed by atoms with Gasteiger partial charge in [-0.2, -0.15) is 0 Å². The molecular weight excluding hydrogens is 403 g/mol. The predicted molar refractivity (Wildman–Crippen MR) is 113 cm³/mol. The van der Waals surface area contributed by atoms with Crippen molar-refractivity contribution in [3.63, 3.8) is 0 Å². The topological polar surface area (TPSA) is 82.2 Å². The highest BCUT2D eigenvalue weighted by Gasteiger charge is 2.49. The number of amides is 4. The number of rotatable bonds is 9. The van der Waals surface area contributed by atoms with Crippen molar-refractivity contribution in [3.05, 3.63) is 35.6 Å². The SMILES string of the molecule is COCCN1C[C@H]2CN(CC(=O)NCc3ccc(F)cc3)C(=O)N2[C@@H](CC(C)C)C1=O. The van der Waals surface area contributed by atoms with E-state index in [0.717, 1.165) is 5.56 Å². The first kappa shape index (κ1) is 23.0. The predicted octanol–water partition coefficient (Wildman–Crippen LogP) is 1.45.